The molecule has 0 unspecified atom stereocenters. The molecular formula is C14H17N3O4. The summed E-state index contributed by atoms with van der Waals surface area (Å²) in [4.78, 5) is 25.8. The third-order valence-electron chi connectivity index (χ3n) is 3.37. The molecule has 0 bridgehead atoms. The van der Waals surface area contributed by atoms with Gasteiger partial charge in [0.1, 0.15) is 18.5 Å². The van der Waals surface area contributed by atoms with E-state index in [1.807, 2.05) is 6.92 Å². The molecule has 2 rings (SSSR count). The van der Waals surface area contributed by atoms with Crippen molar-refractivity contribution in [1.82, 2.24) is 14.6 Å². The van der Waals surface area contributed by atoms with Crippen LogP contribution in [0.2, 0.25) is 0 Å². The van der Waals surface area contributed by atoms with Crippen LogP contribution < -0.4 is 10.3 Å². The third-order valence-corrected chi connectivity index (χ3v) is 3.37. The maximum absolute atomic E-state index is 12.3. The highest BCUT2D eigenvalue weighted by molar-refractivity contribution is 5.76. The molecule has 0 saturated heterocycles. The normalized spacial score (nSPS) is 12.0. The van der Waals surface area contributed by atoms with Gasteiger partial charge in [-0.2, -0.15) is 0 Å². The molecule has 112 valence electrons. The molecule has 0 aliphatic heterocycles. The Kier molecular flexibility index (Phi) is 4.42. The Labute approximate surface area is 121 Å². The molecule has 0 saturated carbocycles. The zero-order valence-electron chi connectivity index (χ0n) is 12.1. The second-order valence-corrected chi connectivity index (χ2v) is 4.61. The minimum absolute atomic E-state index is 0.0608. The molecule has 1 atom stereocenters. The second kappa shape index (κ2) is 6.25. The minimum Gasteiger partial charge on any atom is -0.491 e. The van der Waals surface area contributed by atoms with Crippen LogP contribution in [0.5, 0.6) is 5.75 Å². The second-order valence-electron chi connectivity index (χ2n) is 4.61. The molecule has 2 aromatic heterocycles. The molecule has 0 aliphatic rings. The van der Waals surface area contributed by atoms with Crippen LogP contribution in [0.1, 0.15) is 18.7 Å². The first kappa shape index (κ1) is 14.8. The van der Waals surface area contributed by atoms with Gasteiger partial charge in [-0.15, -0.1) is 0 Å². The number of likely N-dealkylation sites (N-methyl/N-ethyl adjacent to an activating group) is 1. The largest absolute Gasteiger partial charge is 0.491 e. The Morgan fingerprint density at radius 3 is 2.90 bits per heavy atom. The molecule has 2 heterocycles. The summed E-state index contributed by atoms with van der Waals surface area (Å²) in [6, 6.07) is 4.68. The molecule has 2 aromatic rings. The first-order chi connectivity index (χ1) is 10.0. The number of hydrogen-bond acceptors (Lipinski definition) is 5. The number of hydrogen-bond donors (Lipinski definition) is 0. The predicted octanol–water partition coefficient (Wildman–Crippen LogP) is 1.06. The van der Waals surface area contributed by atoms with Gasteiger partial charge in [-0.1, -0.05) is 5.16 Å². The SMILES string of the molecule is COc1cccn(CC(=O)N(C)[C@H](C)c2ccon2)c1=O. The van der Waals surface area contributed by atoms with Crippen LogP contribution in [0.3, 0.4) is 0 Å². The molecule has 1 amide bonds. The van der Waals surface area contributed by atoms with E-state index in [-0.39, 0.29) is 29.8 Å². The van der Waals surface area contributed by atoms with Crippen LogP contribution in [0.15, 0.2) is 40.0 Å². The number of amides is 1. The highest BCUT2D eigenvalue weighted by Gasteiger charge is 2.20. The summed E-state index contributed by atoms with van der Waals surface area (Å²) >= 11 is 0. The number of pyridine rings is 1. The van der Waals surface area contributed by atoms with Gasteiger partial charge in [0.15, 0.2) is 5.75 Å². The van der Waals surface area contributed by atoms with Gasteiger partial charge >= 0.3 is 0 Å². The summed E-state index contributed by atoms with van der Waals surface area (Å²) in [5.41, 5.74) is 0.319. The third kappa shape index (κ3) is 3.13. The fraction of sp³-hybridized carbons (Fsp3) is 0.357. The highest BCUT2D eigenvalue weighted by atomic mass is 16.5. The molecule has 0 aliphatic carbocycles. The van der Waals surface area contributed by atoms with Crippen molar-refractivity contribution in [2.45, 2.75) is 19.5 Å². The molecular weight excluding hydrogens is 274 g/mol. The van der Waals surface area contributed by atoms with Crippen molar-refractivity contribution >= 4 is 5.91 Å². The van der Waals surface area contributed by atoms with Crippen molar-refractivity contribution in [2.24, 2.45) is 0 Å². The quantitative estimate of drug-likeness (QED) is 0.823. The van der Waals surface area contributed by atoms with Crippen LogP contribution >= 0.6 is 0 Å². The number of carbonyl (C=O) groups excluding carboxylic acids is 1. The van der Waals surface area contributed by atoms with Crippen LogP contribution in [0, 0.1) is 0 Å². The van der Waals surface area contributed by atoms with E-state index in [0.717, 1.165) is 0 Å². The number of nitrogens with zero attached hydrogens (tertiary/aromatic N) is 3. The van der Waals surface area contributed by atoms with Gasteiger partial charge in [-0.3, -0.25) is 9.59 Å². The maximum Gasteiger partial charge on any atom is 0.293 e. The summed E-state index contributed by atoms with van der Waals surface area (Å²) in [7, 11) is 3.08. The van der Waals surface area contributed by atoms with Gasteiger partial charge in [-0.25, -0.2) is 0 Å². The fourth-order valence-electron chi connectivity index (χ4n) is 1.90. The smallest absolute Gasteiger partial charge is 0.293 e. The highest BCUT2D eigenvalue weighted by Crippen LogP contribution is 2.16. The molecule has 0 radical (unpaired) electrons. The van der Waals surface area contributed by atoms with Gasteiger partial charge in [0.2, 0.25) is 5.91 Å². The van der Waals surface area contributed by atoms with E-state index in [9.17, 15) is 9.59 Å². The van der Waals surface area contributed by atoms with Crippen LogP contribution in [-0.2, 0) is 11.3 Å². The molecule has 21 heavy (non-hydrogen) atoms. The average molecular weight is 291 g/mol. The minimum atomic E-state index is -0.337. The lowest BCUT2D eigenvalue weighted by molar-refractivity contribution is -0.132. The summed E-state index contributed by atoms with van der Waals surface area (Å²) in [6.07, 6.45) is 3.01. The molecule has 7 nitrogen and oxygen atoms in total. The monoisotopic (exact) mass is 291 g/mol. The standard InChI is InChI=1S/C14H17N3O4/c1-10(11-6-8-21-15-11)16(2)13(18)9-17-7-4-5-12(20-3)14(17)19/h4-8,10H,9H2,1-3H3/t10-/m1/s1. The molecule has 0 N–H and O–H groups in total. The van der Waals surface area contributed by atoms with Gasteiger partial charge in [0.05, 0.1) is 13.2 Å². The van der Waals surface area contributed by atoms with Gasteiger partial charge in [0, 0.05) is 19.3 Å². The van der Waals surface area contributed by atoms with Crippen molar-refractivity contribution < 1.29 is 14.1 Å². The van der Waals surface area contributed by atoms with E-state index >= 15 is 0 Å². The van der Waals surface area contributed by atoms with Crippen molar-refractivity contribution in [3.63, 3.8) is 0 Å². The zero-order valence-corrected chi connectivity index (χ0v) is 12.1. The molecule has 0 spiro atoms. The summed E-state index contributed by atoms with van der Waals surface area (Å²) < 4.78 is 11.0. The van der Waals surface area contributed by atoms with E-state index < -0.39 is 0 Å². The molecule has 7 heteroatoms. The Hall–Kier alpha value is -2.57. The Morgan fingerprint density at radius 1 is 1.52 bits per heavy atom. The van der Waals surface area contributed by atoms with Gasteiger partial charge < -0.3 is 18.7 Å². The molecule has 0 aromatic carbocycles. The maximum atomic E-state index is 12.3. The topological polar surface area (TPSA) is 77.6 Å². The predicted molar refractivity (Wildman–Crippen MR) is 74.9 cm³/mol. The lowest BCUT2D eigenvalue weighted by Crippen LogP contribution is -2.35. The van der Waals surface area contributed by atoms with Crippen LogP contribution in [-0.4, -0.2) is 34.7 Å². The lowest BCUT2D eigenvalue weighted by atomic mass is 10.2. The van der Waals surface area contributed by atoms with Crippen molar-refractivity contribution in [3.8, 4) is 5.75 Å². The fourth-order valence-corrected chi connectivity index (χ4v) is 1.90. The van der Waals surface area contributed by atoms with Gasteiger partial charge in [0.25, 0.3) is 5.56 Å². The Bertz CT molecular complexity index is 663. The van der Waals surface area contributed by atoms with Gasteiger partial charge in [-0.05, 0) is 19.1 Å². The van der Waals surface area contributed by atoms with Crippen molar-refractivity contribution in [3.05, 3.63) is 46.7 Å². The Morgan fingerprint density at radius 2 is 2.29 bits per heavy atom. The first-order valence-electron chi connectivity index (χ1n) is 6.44. The van der Waals surface area contributed by atoms with E-state index in [4.69, 9.17) is 9.26 Å². The van der Waals surface area contributed by atoms with Crippen molar-refractivity contribution in [1.29, 1.82) is 0 Å². The zero-order chi connectivity index (χ0) is 15.4. The van der Waals surface area contributed by atoms with E-state index in [2.05, 4.69) is 5.16 Å². The Balaban J connectivity index is 2.13. The summed E-state index contributed by atoms with van der Waals surface area (Å²) in [6.45, 7) is 1.78. The van der Waals surface area contributed by atoms with E-state index in [0.29, 0.717) is 5.69 Å². The van der Waals surface area contributed by atoms with E-state index in [1.54, 1.807) is 31.4 Å². The average Bonchev–Trinajstić information content (AvgIpc) is 3.02. The summed E-state index contributed by atoms with van der Waals surface area (Å²) in [5.74, 6) is -0.00152. The number of carbonyl (C=O) groups is 1. The van der Waals surface area contributed by atoms with Crippen LogP contribution in [0.4, 0.5) is 0 Å². The van der Waals surface area contributed by atoms with Crippen LogP contribution in [0.25, 0.3) is 0 Å². The number of ether oxygens (including phenoxy) is 1. The number of aromatic nitrogens is 2. The lowest BCUT2D eigenvalue weighted by Gasteiger charge is -2.23. The number of rotatable bonds is 5. The molecule has 0 fully saturated rings. The van der Waals surface area contributed by atoms with Crippen molar-refractivity contribution in [2.75, 3.05) is 14.2 Å². The number of methoxy groups -OCH3 is 1. The first-order valence-corrected chi connectivity index (χ1v) is 6.44. The summed E-state index contributed by atoms with van der Waals surface area (Å²) in [5, 5.41) is 3.81. The van der Waals surface area contributed by atoms with E-state index in [1.165, 1.54) is 22.8 Å².